The first-order valence-corrected chi connectivity index (χ1v) is 9.18. The van der Waals surface area contributed by atoms with E-state index < -0.39 is 5.97 Å². The van der Waals surface area contributed by atoms with Gasteiger partial charge in [-0.3, -0.25) is 4.79 Å². The van der Waals surface area contributed by atoms with Gasteiger partial charge in [0.1, 0.15) is 0 Å². The van der Waals surface area contributed by atoms with Gasteiger partial charge in [-0.15, -0.1) is 11.3 Å². The van der Waals surface area contributed by atoms with Gasteiger partial charge >= 0.3 is 5.97 Å². The molecule has 3 aromatic rings. The third-order valence-electron chi connectivity index (χ3n) is 4.11. The summed E-state index contributed by atoms with van der Waals surface area (Å²) in [4.78, 5) is 25.5. The van der Waals surface area contributed by atoms with Gasteiger partial charge in [-0.2, -0.15) is 0 Å². The van der Waals surface area contributed by atoms with E-state index in [1.807, 2.05) is 42.5 Å². The maximum absolute atomic E-state index is 12.4. The van der Waals surface area contributed by atoms with Crippen molar-refractivity contribution in [1.29, 1.82) is 0 Å². The molecule has 0 fully saturated rings. The molecule has 0 radical (unpaired) electrons. The number of rotatable bonds is 6. The molecule has 1 amide bonds. The van der Waals surface area contributed by atoms with Crippen LogP contribution in [0.2, 0.25) is 0 Å². The molecule has 0 saturated carbocycles. The van der Waals surface area contributed by atoms with E-state index in [0.29, 0.717) is 11.4 Å². The van der Waals surface area contributed by atoms with Gasteiger partial charge in [0.15, 0.2) is 0 Å². The molecular weight excluding hydrogens is 346 g/mol. The highest BCUT2D eigenvalue weighted by Crippen LogP contribution is 2.25. The van der Waals surface area contributed by atoms with Crippen LogP contribution in [0.4, 0.5) is 0 Å². The van der Waals surface area contributed by atoms with Crippen molar-refractivity contribution in [3.05, 3.63) is 81.5 Å². The van der Waals surface area contributed by atoms with Crippen molar-refractivity contribution in [2.24, 2.45) is 0 Å². The van der Waals surface area contributed by atoms with Gasteiger partial charge in [-0.05, 0) is 47.4 Å². The van der Waals surface area contributed by atoms with Crippen molar-refractivity contribution >= 4 is 23.2 Å². The highest BCUT2D eigenvalue weighted by Gasteiger charge is 2.11. The Morgan fingerprint density at radius 2 is 1.85 bits per heavy atom. The molecule has 0 bridgehead atoms. The molecule has 3 rings (SSSR count). The zero-order valence-corrected chi connectivity index (χ0v) is 15.2. The lowest BCUT2D eigenvalue weighted by Gasteiger charge is -2.11. The largest absolute Gasteiger partial charge is 0.478 e. The number of carbonyl (C=O) groups is 2. The Hall–Kier alpha value is -2.92. The minimum absolute atomic E-state index is 0.0937. The summed E-state index contributed by atoms with van der Waals surface area (Å²) in [5.74, 6) is -1.05. The number of thiophene rings is 1. The van der Waals surface area contributed by atoms with Crippen LogP contribution in [0.5, 0.6) is 0 Å². The van der Waals surface area contributed by atoms with Gasteiger partial charge in [0.05, 0.1) is 10.4 Å². The fourth-order valence-corrected chi connectivity index (χ4v) is 3.59. The number of carbonyl (C=O) groups excluding carboxylic acids is 1. The molecule has 2 aromatic carbocycles. The second-order valence-corrected chi connectivity index (χ2v) is 7.01. The van der Waals surface area contributed by atoms with E-state index >= 15 is 0 Å². The topological polar surface area (TPSA) is 66.4 Å². The van der Waals surface area contributed by atoms with E-state index in [4.69, 9.17) is 0 Å². The molecule has 132 valence electrons. The van der Waals surface area contributed by atoms with Crippen LogP contribution in [-0.2, 0) is 13.0 Å². The third kappa shape index (κ3) is 4.00. The van der Waals surface area contributed by atoms with E-state index in [0.717, 1.165) is 23.1 Å². The average Bonchev–Trinajstić information content (AvgIpc) is 3.16. The summed E-state index contributed by atoms with van der Waals surface area (Å²) in [5, 5.41) is 12.1. The van der Waals surface area contributed by atoms with E-state index in [1.165, 1.54) is 16.2 Å². The number of aromatic carboxylic acids is 1. The standard InChI is InChI=1S/C21H19NO3S/c1-2-17-10-11-19(26-17)20(23)22-13-16-6-3-4-9-18(16)14-7-5-8-15(12-14)21(24)25/h3-12H,2,13H2,1H3,(H,22,23)(H,24,25). The molecule has 4 nitrogen and oxygen atoms in total. The van der Waals surface area contributed by atoms with Gasteiger partial charge in [-0.1, -0.05) is 43.3 Å². The highest BCUT2D eigenvalue weighted by atomic mass is 32.1. The fraction of sp³-hybridized carbons (Fsp3) is 0.143. The van der Waals surface area contributed by atoms with Gasteiger partial charge in [0, 0.05) is 11.4 Å². The Balaban J connectivity index is 1.80. The Bertz CT molecular complexity index is 946. The number of hydrogen-bond donors (Lipinski definition) is 2. The second-order valence-electron chi connectivity index (χ2n) is 5.85. The molecule has 2 N–H and O–H groups in total. The number of benzene rings is 2. The SMILES string of the molecule is CCc1ccc(C(=O)NCc2ccccc2-c2cccc(C(=O)O)c2)s1. The van der Waals surface area contributed by atoms with Crippen molar-refractivity contribution in [2.45, 2.75) is 19.9 Å². The van der Waals surface area contributed by atoms with Crippen molar-refractivity contribution < 1.29 is 14.7 Å². The predicted octanol–water partition coefficient (Wildman–Crippen LogP) is 4.61. The fourth-order valence-electron chi connectivity index (χ4n) is 2.73. The first-order valence-electron chi connectivity index (χ1n) is 8.37. The van der Waals surface area contributed by atoms with Crippen LogP contribution in [0.15, 0.2) is 60.7 Å². The van der Waals surface area contributed by atoms with Crippen LogP contribution >= 0.6 is 11.3 Å². The molecule has 0 spiro atoms. The van der Waals surface area contributed by atoms with Gasteiger partial charge in [0.2, 0.25) is 0 Å². The summed E-state index contributed by atoms with van der Waals surface area (Å²) in [6.07, 6.45) is 0.917. The molecule has 26 heavy (non-hydrogen) atoms. The molecule has 0 saturated heterocycles. The molecule has 0 aliphatic carbocycles. The molecular formula is C21H19NO3S. The summed E-state index contributed by atoms with van der Waals surface area (Å²) in [6.45, 7) is 2.45. The maximum Gasteiger partial charge on any atom is 0.335 e. The minimum Gasteiger partial charge on any atom is -0.478 e. The normalized spacial score (nSPS) is 10.5. The predicted molar refractivity (Wildman–Crippen MR) is 104 cm³/mol. The van der Waals surface area contributed by atoms with Crippen LogP contribution in [0, 0.1) is 0 Å². The molecule has 0 unspecified atom stereocenters. The number of carboxylic acids is 1. The second kappa shape index (κ2) is 7.97. The molecule has 1 heterocycles. The van der Waals surface area contributed by atoms with Crippen molar-refractivity contribution in [3.8, 4) is 11.1 Å². The molecule has 5 heteroatoms. The van der Waals surface area contributed by atoms with E-state index in [2.05, 4.69) is 12.2 Å². The number of amides is 1. The lowest BCUT2D eigenvalue weighted by atomic mass is 9.98. The van der Waals surface area contributed by atoms with Gasteiger partial charge in [-0.25, -0.2) is 4.79 Å². The number of hydrogen-bond acceptors (Lipinski definition) is 3. The quantitative estimate of drug-likeness (QED) is 0.670. The van der Waals surface area contributed by atoms with Crippen LogP contribution in [0.1, 0.15) is 37.4 Å². The number of nitrogens with one attached hydrogen (secondary N) is 1. The molecule has 0 aliphatic heterocycles. The van der Waals surface area contributed by atoms with Crippen LogP contribution in [-0.4, -0.2) is 17.0 Å². The smallest absolute Gasteiger partial charge is 0.335 e. The Morgan fingerprint density at radius 1 is 1.04 bits per heavy atom. The summed E-state index contributed by atoms with van der Waals surface area (Å²) in [5.41, 5.74) is 2.91. The van der Waals surface area contributed by atoms with Crippen molar-refractivity contribution in [2.75, 3.05) is 0 Å². The Kier molecular flexibility index (Phi) is 5.49. The van der Waals surface area contributed by atoms with Gasteiger partial charge < -0.3 is 10.4 Å². The minimum atomic E-state index is -0.956. The van der Waals surface area contributed by atoms with Crippen LogP contribution in [0.3, 0.4) is 0 Å². The summed E-state index contributed by atoms with van der Waals surface area (Å²) in [6, 6.07) is 18.3. The summed E-state index contributed by atoms with van der Waals surface area (Å²) < 4.78 is 0. The number of aryl methyl sites for hydroxylation is 1. The van der Waals surface area contributed by atoms with E-state index in [-0.39, 0.29) is 11.5 Å². The Morgan fingerprint density at radius 3 is 2.58 bits per heavy atom. The third-order valence-corrected chi connectivity index (χ3v) is 5.34. The average molecular weight is 365 g/mol. The maximum atomic E-state index is 12.4. The number of carboxylic acid groups (broad SMARTS) is 1. The molecule has 0 aliphatic rings. The Labute approximate surface area is 156 Å². The first kappa shape index (κ1) is 17.9. The van der Waals surface area contributed by atoms with Crippen molar-refractivity contribution in [1.82, 2.24) is 5.32 Å². The van der Waals surface area contributed by atoms with Gasteiger partial charge in [0.25, 0.3) is 5.91 Å². The highest BCUT2D eigenvalue weighted by molar-refractivity contribution is 7.14. The molecule has 1 aromatic heterocycles. The van der Waals surface area contributed by atoms with Crippen LogP contribution in [0.25, 0.3) is 11.1 Å². The zero-order valence-electron chi connectivity index (χ0n) is 14.4. The monoisotopic (exact) mass is 365 g/mol. The summed E-state index contributed by atoms with van der Waals surface area (Å²) in [7, 11) is 0. The lowest BCUT2D eigenvalue weighted by Crippen LogP contribution is -2.22. The van der Waals surface area contributed by atoms with Crippen LogP contribution < -0.4 is 5.32 Å². The lowest BCUT2D eigenvalue weighted by molar-refractivity contribution is 0.0696. The molecule has 0 atom stereocenters. The van der Waals surface area contributed by atoms with E-state index in [9.17, 15) is 14.7 Å². The van der Waals surface area contributed by atoms with E-state index in [1.54, 1.807) is 18.2 Å². The van der Waals surface area contributed by atoms with Crippen molar-refractivity contribution in [3.63, 3.8) is 0 Å². The first-order chi connectivity index (χ1) is 12.6. The summed E-state index contributed by atoms with van der Waals surface area (Å²) >= 11 is 1.50. The zero-order chi connectivity index (χ0) is 18.5.